The van der Waals surface area contributed by atoms with Crippen molar-refractivity contribution in [1.29, 1.82) is 0 Å². The SMILES string of the molecule is CCN(C(=O)c1cc2ccccc2[nH]1)[C@H]1CCC[C@@H](NCc2cnoc2)C1. The van der Waals surface area contributed by atoms with Gasteiger partial charge in [0.05, 0.1) is 6.20 Å². The van der Waals surface area contributed by atoms with Gasteiger partial charge in [-0.3, -0.25) is 4.79 Å². The number of carbonyl (C=O) groups is 1. The summed E-state index contributed by atoms with van der Waals surface area (Å²) in [5.74, 6) is 0.0957. The van der Waals surface area contributed by atoms with Crippen LogP contribution in [0, 0.1) is 0 Å². The number of hydrogen-bond donors (Lipinski definition) is 2. The molecule has 0 spiro atoms. The molecular formula is C21H26N4O2. The second-order valence-electron chi connectivity index (χ2n) is 7.29. The van der Waals surface area contributed by atoms with Crippen molar-refractivity contribution in [3.05, 3.63) is 54.0 Å². The van der Waals surface area contributed by atoms with Crippen molar-refractivity contribution < 1.29 is 9.32 Å². The van der Waals surface area contributed by atoms with Gasteiger partial charge in [0.1, 0.15) is 12.0 Å². The van der Waals surface area contributed by atoms with Crippen LogP contribution in [0.25, 0.3) is 10.9 Å². The summed E-state index contributed by atoms with van der Waals surface area (Å²) < 4.78 is 4.89. The van der Waals surface area contributed by atoms with E-state index < -0.39 is 0 Å². The molecule has 27 heavy (non-hydrogen) atoms. The Morgan fingerprint density at radius 1 is 1.37 bits per heavy atom. The zero-order valence-electron chi connectivity index (χ0n) is 15.6. The first-order chi connectivity index (χ1) is 13.2. The average Bonchev–Trinajstić information content (AvgIpc) is 3.37. The van der Waals surface area contributed by atoms with E-state index in [0.717, 1.165) is 55.2 Å². The number of aromatic amines is 1. The molecule has 2 heterocycles. The molecule has 4 rings (SSSR count). The smallest absolute Gasteiger partial charge is 0.270 e. The molecule has 2 aromatic heterocycles. The number of fused-ring (bicyclic) bond motifs is 1. The van der Waals surface area contributed by atoms with E-state index >= 15 is 0 Å². The lowest BCUT2D eigenvalue weighted by atomic mass is 9.89. The van der Waals surface area contributed by atoms with Crippen LogP contribution in [-0.4, -0.2) is 39.6 Å². The number of benzene rings is 1. The van der Waals surface area contributed by atoms with Crippen LogP contribution in [0.15, 0.2) is 47.3 Å². The Morgan fingerprint density at radius 3 is 3.04 bits per heavy atom. The summed E-state index contributed by atoms with van der Waals surface area (Å²) in [5.41, 5.74) is 2.74. The van der Waals surface area contributed by atoms with E-state index in [1.165, 1.54) is 0 Å². The fourth-order valence-electron chi connectivity index (χ4n) is 4.12. The summed E-state index contributed by atoms with van der Waals surface area (Å²) in [5, 5.41) is 8.41. The highest BCUT2D eigenvalue weighted by molar-refractivity contribution is 5.98. The molecule has 142 valence electrons. The molecule has 0 bridgehead atoms. The summed E-state index contributed by atoms with van der Waals surface area (Å²) in [7, 11) is 0. The predicted octanol–water partition coefficient (Wildman–Crippen LogP) is 3.72. The number of aromatic nitrogens is 2. The van der Waals surface area contributed by atoms with Crippen LogP contribution < -0.4 is 5.32 Å². The van der Waals surface area contributed by atoms with E-state index in [0.29, 0.717) is 11.7 Å². The Morgan fingerprint density at radius 2 is 2.26 bits per heavy atom. The van der Waals surface area contributed by atoms with Crippen molar-refractivity contribution >= 4 is 16.8 Å². The Kier molecular flexibility index (Phi) is 5.25. The number of nitrogens with one attached hydrogen (secondary N) is 2. The first kappa shape index (κ1) is 17.8. The minimum Gasteiger partial charge on any atom is -0.364 e. The maximum absolute atomic E-state index is 13.1. The van der Waals surface area contributed by atoms with Crippen molar-refractivity contribution in [1.82, 2.24) is 20.4 Å². The van der Waals surface area contributed by atoms with Gasteiger partial charge >= 0.3 is 0 Å². The quantitative estimate of drug-likeness (QED) is 0.697. The van der Waals surface area contributed by atoms with E-state index in [2.05, 4.69) is 22.4 Å². The Balaban J connectivity index is 1.43. The zero-order valence-corrected chi connectivity index (χ0v) is 15.6. The lowest BCUT2D eigenvalue weighted by Crippen LogP contribution is -2.46. The standard InChI is InChI=1S/C21H26N4O2/c1-2-25(21(26)20-10-16-6-3-4-9-19(16)24-20)18-8-5-7-17(11-18)22-12-15-13-23-27-14-15/h3-4,6,9-10,13-14,17-18,22,24H,2,5,7-8,11-12H2,1H3/t17-,18+/m1/s1. The van der Waals surface area contributed by atoms with Crippen LogP contribution in [0.2, 0.25) is 0 Å². The van der Waals surface area contributed by atoms with Gasteiger partial charge in [-0.25, -0.2) is 0 Å². The Labute approximate surface area is 158 Å². The normalized spacial score (nSPS) is 20.0. The number of hydrogen-bond acceptors (Lipinski definition) is 4. The van der Waals surface area contributed by atoms with Crippen LogP contribution in [0.3, 0.4) is 0 Å². The molecule has 0 unspecified atom stereocenters. The second kappa shape index (κ2) is 7.96. The Hall–Kier alpha value is -2.60. The molecule has 1 amide bonds. The third kappa shape index (κ3) is 3.90. The van der Waals surface area contributed by atoms with Crippen LogP contribution in [0.5, 0.6) is 0 Å². The third-order valence-corrected chi connectivity index (χ3v) is 5.53. The number of para-hydroxylation sites is 1. The summed E-state index contributed by atoms with van der Waals surface area (Å²) >= 11 is 0. The van der Waals surface area contributed by atoms with Crippen molar-refractivity contribution in [2.45, 2.75) is 51.2 Å². The minimum atomic E-state index is 0.0957. The lowest BCUT2D eigenvalue weighted by molar-refractivity contribution is 0.0623. The molecule has 0 saturated heterocycles. The van der Waals surface area contributed by atoms with Gasteiger partial charge in [0.2, 0.25) is 0 Å². The number of rotatable bonds is 6. The summed E-state index contributed by atoms with van der Waals surface area (Å²) in [4.78, 5) is 18.5. The van der Waals surface area contributed by atoms with Crippen molar-refractivity contribution in [3.8, 4) is 0 Å². The fourth-order valence-corrected chi connectivity index (χ4v) is 4.12. The van der Waals surface area contributed by atoms with Gasteiger partial charge < -0.3 is 19.7 Å². The highest BCUT2D eigenvalue weighted by atomic mass is 16.5. The van der Waals surface area contributed by atoms with Crippen molar-refractivity contribution in [2.75, 3.05) is 6.54 Å². The summed E-state index contributed by atoms with van der Waals surface area (Å²) in [6.07, 6.45) is 7.72. The molecule has 6 nitrogen and oxygen atoms in total. The maximum Gasteiger partial charge on any atom is 0.270 e. The van der Waals surface area contributed by atoms with Crippen LogP contribution in [-0.2, 0) is 6.54 Å². The molecular weight excluding hydrogens is 340 g/mol. The van der Waals surface area contributed by atoms with Gasteiger partial charge in [0.15, 0.2) is 0 Å². The average molecular weight is 366 g/mol. The molecule has 1 aliphatic rings. The molecule has 6 heteroatoms. The first-order valence-electron chi connectivity index (χ1n) is 9.75. The Bertz CT molecular complexity index is 854. The van der Waals surface area contributed by atoms with Gasteiger partial charge in [0, 0.05) is 41.6 Å². The zero-order chi connectivity index (χ0) is 18.6. The lowest BCUT2D eigenvalue weighted by Gasteiger charge is -2.37. The van der Waals surface area contributed by atoms with E-state index in [4.69, 9.17) is 4.52 Å². The second-order valence-corrected chi connectivity index (χ2v) is 7.29. The third-order valence-electron chi connectivity index (χ3n) is 5.53. The molecule has 1 fully saturated rings. The van der Waals surface area contributed by atoms with Gasteiger partial charge in [0.25, 0.3) is 5.91 Å². The molecule has 2 N–H and O–H groups in total. The molecule has 3 aromatic rings. The van der Waals surface area contributed by atoms with E-state index in [9.17, 15) is 4.79 Å². The van der Waals surface area contributed by atoms with E-state index in [-0.39, 0.29) is 11.9 Å². The van der Waals surface area contributed by atoms with E-state index in [1.54, 1.807) is 12.5 Å². The molecule has 0 aliphatic heterocycles. The van der Waals surface area contributed by atoms with Crippen LogP contribution in [0.4, 0.5) is 0 Å². The molecule has 0 radical (unpaired) electrons. The highest BCUT2D eigenvalue weighted by Gasteiger charge is 2.29. The fraction of sp³-hybridized carbons (Fsp3) is 0.429. The maximum atomic E-state index is 13.1. The topological polar surface area (TPSA) is 74.2 Å². The highest BCUT2D eigenvalue weighted by Crippen LogP contribution is 2.25. The largest absolute Gasteiger partial charge is 0.364 e. The minimum absolute atomic E-state index is 0.0957. The molecule has 1 aliphatic carbocycles. The molecule has 2 atom stereocenters. The molecule has 1 aromatic carbocycles. The van der Waals surface area contributed by atoms with Gasteiger partial charge in [-0.2, -0.15) is 0 Å². The number of nitrogens with zero attached hydrogens (tertiary/aromatic N) is 2. The number of H-pyrrole nitrogens is 1. The predicted molar refractivity (Wildman–Crippen MR) is 104 cm³/mol. The van der Waals surface area contributed by atoms with Gasteiger partial charge in [-0.05, 0) is 44.7 Å². The van der Waals surface area contributed by atoms with Crippen LogP contribution in [0.1, 0.15) is 48.7 Å². The van der Waals surface area contributed by atoms with Crippen molar-refractivity contribution in [2.24, 2.45) is 0 Å². The number of carbonyl (C=O) groups excluding carboxylic acids is 1. The van der Waals surface area contributed by atoms with Gasteiger partial charge in [-0.1, -0.05) is 23.4 Å². The monoisotopic (exact) mass is 366 g/mol. The van der Waals surface area contributed by atoms with Crippen LogP contribution >= 0.6 is 0 Å². The van der Waals surface area contributed by atoms with Crippen molar-refractivity contribution in [3.63, 3.8) is 0 Å². The van der Waals surface area contributed by atoms with E-state index in [1.807, 2.05) is 35.2 Å². The summed E-state index contributed by atoms with van der Waals surface area (Å²) in [6.45, 7) is 3.54. The number of amides is 1. The first-order valence-corrected chi connectivity index (χ1v) is 9.75. The van der Waals surface area contributed by atoms with Gasteiger partial charge in [-0.15, -0.1) is 0 Å². The summed E-state index contributed by atoms with van der Waals surface area (Å²) in [6, 6.07) is 10.7. The molecule has 1 saturated carbocycles.